The molecule has 0 aliphatic rings. The van der Waals surface area contributed by atoms with Crippen molar-refractivity contribution in [3.05, 3.63) is 36.7 Å². The van der Waals surface area contributed by atoms with E-state index in [0.29, 0.717) is 11.7 Å². The number of hydrogen-bond acceptors (Lipinski definition) is 3. The van der Waals surface area contributed by atoms with Gasteiger partial charge in [0.1, 0.15) is 5.76 Å². The Morgan fingerprint density at radius 3 is 2.04 bits per heavy atom. The molecule has 0 atom stereocenters. The van der Waals surface area contributed by atoms with Crippen molar-refractivity contribution in [2.45, 2.75) is 78.3 Å². The van der Waals surface area contributed by atoms with Gasteiger partial charge in [0.05, 0.1) is 12.3 Å². The summed E-state index contributed by atoms with van der Waals surface area (Å²) in [5.74, 6) is 1.09. The zero-order valence-corrected chi connectivity index (χ0v) is 18.2. The highest BCUT2D eigenvalue weighted by Crippen LogP contribution is 2.17. The summed E-state index contributed by atoms with van der Waals surface area (Å²) >= 11 is 0. The van der Waals surface area contributed by atoms with E-state index in [1.807, 2.05) is 0 Å². The lowest BCUT2D eigenvalue weighted by Gasteiger charge is -2.23. The minimum absolute atomic E-state index is 0.484. The maximum Gasteiger partial charge on any atom is 0.273 e. The lowest BCUT2D eigenvalue weighted by atomic mass is 10.1. The van der Waals surface area contributed by atoms with Crippen molar-refractivity contribution in [1.29, 1.82) is 0 Å². The first kappa shape index (κ1) is 22.1. The van der Waals surface area contributed by atoms with Crippen molar-refractivity contribution in [3.8, 4) is 0 Å². The molecule has 5 heteroatoms. The van der Waals surface area contributed by atoms with Gasteiger partial charge in [0.25, 0.3) is 5.95 Å². The van der Waals surface area contributed by atoms with Gasteiger partial charge in [-0.1, -0.05) is 32.8 Å². The smallest absolute Gasteiger partial charge is 0.273 e. The number of rotatable bonds is 12. The van der Waals surface area contributed by atoms with Gasteiger partial charge in [0, 0.05) is 0 Å². The van der Waals surface area contributed by atoms with Crippen LogP contribution in [0.25, 0.3) is 0 Å². The second kappa shape index (κ2) is 10.8. The maximum absolute atomic E-state index is 5.97. The molecule has 0 N–H and O–H groups in total. The molecule has 0 spiro atoms. The molecule has 3 nitrogen and oxygen atoms in total. The third-order valence-electron chi connectivity index (χ3n) is 2.63. The summed E-state index contributed by atoms with van der Waals surface area (Å²) < 4.78 is 17.5. The molecule has 0 aromatic rings. The van der Waals surface area contributed by atoms with Crippen molar-refractivity contribution in [2.75, 3.05) is 0 Å². The van der Waals surface area contributed by atoms with Crippen molar-refractivity contribution >= 4 is 16.6 Å². The molecule has 0 rings (SSSR count). The van der Waals surface area contributed by atoms with Gasteiger partial charge in [0.15, 0.2) is 0 Å². The van der Waals surface area contributed by atoms with Crippen LogP contribution in [-0.4, -0.2) is 16.6 Å². The number of allylic oxidation sites excluding steroid dienone is 2. The Morgan fingerprint density at radius 1 is 0.913 bits per heavy atom. The van der Waals surface area contributed by atoms with Crippen molar-refractivity contribution in [2.24, 2.45) is 0 Å². The summed E-state index contributed by atoms with van der Waals surface area (Å²) in [5.41, 5.74) is 0. The molecular weight excluding hydrogens is 320 g/mol. The summed E-state index contributed by atoms with van der Waals surface area (Å²) in [6.07, 6.45) is 11.6. The van der Waals surface area contributed by atoms with Crippen LogP contribution in [-0.2, 0) is 13.6 Å². The fourth-order valence-electron chi connectivity index (χ4n) is 1.82. The Morgan fingerprint density at radius 2 is 1.52 bits per heavy atom. The minimum atomic E-state index is -1.74. The van der Waals surface area contributed by atoms with Gasteiger partial charge in [-0.05, 0) is 58.2 Å². The summed E-state index contributed by atoms with van der Waals surface area (Å²) in [4.78, 5) is 0. The van der Waals surface area contributed by atoms with E-state index in [4.69, 9.17) is 13.6 Å². The normalized spacial score (nSPS) is 13.3. The standard InChI is InChI=1S/C18H36O3Si2/c1-9-10-11-12-13-14-15-19-18(21-23(6,7)8)16-17(2)20-22(3,4)5/h14-16H,2,9-13H2,1,3-8H3/b15-14+,18-16+. The molecule has 0 amide bonds. The maximum atomic E-state index is 5.97. The van der Waals surface area contributed by atoms with Gasteiger partial charge in [0.2, 0.25) is 16.6 Å². The summed E-state index contributed by atoms with van der Waals surface area (Å²) in [6, 6.07) is 0. The summed E-state index contributed by atoms with van der Waals surface area (Å²) in [6.45, 7) is 18.9. The van der Waals surface area contributed by atoms with E-state index in [0.717, 1.165) is 6.42 Å². The third kappa shape index (κ3) is 15.7. The van der Waals surface area contributed by atoms with Crippen LogP contribution in [0.2, 0.25) is 39.3 Å². The molecular formula is C18H36O3Si2. The first-order valence-electron chi connectivity index (χ1n) is 8.64. The molecule has 134 valence electrons. The Hall–Kier alpha value is -0.946. The van der Waals surface area contributed by atoms with Crippen LogP contribution in [0, 0.1) is 0 Å². The Balaban J connectivity index is 4.57. The molecule has 0 fully saturated rings. The van der Waals surface area contributed by atoms with Crippen LogP contribution < -0.4 is 0 Å². The average molecular weight is 357 g/mol. The highest BCUT2D eigenvalue weighted by atomic mass is 28.4. The van der Waals surface area contributed by atoms with Gasteiger partial charge in [-0.15, -0.1) is 0 Å². The van der Waals surface area contributed by atoms with Crippen LogP contribution in [0.5, 0.6) is 0 Å². The first-order chi connectivity index (χ1) is 10.5. The highest BCUT2D eigenvalue weighted by Gasteiger charge is 2.20. The average Bonchev–Trinajstić information content (AvgIpc) is 2.33. The number of unbranched alkanes of at least 4 members (excludes halogenated alkanes) is 4. The quantitative estimate of drug-likeness (QED) is 0.172. The van der Waals surface area contributed by atoms with E-state index in [1.54, 1.807) is 12.3 Å². The molecule has 0 heterocycles. The fraction of sp³-hybridized carbons (Fsp3) is 0.667. The van der Waals surface area contributed by atoms with E-state index < -0.39 is 16.6 Å². The molecule has 23 heavy (non-hydrogen) atoms. The van der Waals surface area contributed by atoms with E-state index in [9.17, 15) is 0 Å². The first-order valence-corrected chi connectivity index (χ1v) is 15.5. The van der Waals surface area contributed by atoms with Crippen LogP contribution in [0.15, 0.2) is 36.7 Å². The van der Waals surface area contributed by atoms with Crippen LogP contribution >= 0.6 is 0 Å². The molecule has 0 aliphatic heterocycles. The van der Waals surface area contributed by atoms with Gasteiger partial charge in [-0.3, -0.25) is 0 Å². The largest absolute Gasteiger partial charge is 0.545 e. The van der Waals surface area contributed by atoms with E-state index in [1.165, 1.54) is 25.7 Å². The third-order valence-corrected chi connectivity index (χ3v) is 4.32. The molecule has 0 saturated heterocycles. The predicted molar refractivity (Wildman–Crippen MR) is 105 cm³/mol. The Kier molecular flexibility index (Phi) is 10.3. The lowest BCUT2D eigenvalue weighted by Crippen LogP contribution is -2.26. The van der Waals surface area contributed by atoms with E-state index >= 15 is 0 Å². The molecule has 0 bridgehead atoms. The summed E-state index contributed by atoms with van der Waals surface area (Å²) in [5, 5.41) is 0. The molecule has 0 unspecified atom stereocenters. The van der Waals surface area contributed by atoms with Gasteiger partial charge >= 0.3 is 0 Å². The van der Waals surface area contributed by atoms with Crippen LogP contribution in [0.4, 0.5) is 0 Å². The van der Waals surface area contributed by atoms with Gasteiger partial charge in [-0.2, -0.15) is 0 Å². The number of ether oxygens (including phenoxy) is 1. The Labute approximate surface area is 145 Å². The zero-order chi connectivity index (χ0) is 17.9. The SMILES string of the molecule is C=C(/C=C(\O/C=C/CCCCCC)O[Si](C)(C)C)O[Si](C)(C)C. The zero-order valence-electron chi connectivity index (χ0n) is 16.2. The lowest BCUT2D eigenvalue weighted by molar-refractivity contribution is 0.177. The topological polar surface area (TPSA) is 27.7 Å². The van der Waals surface area contributed by atoms with Crippen molar-refractivity contribution < 1.29 is 13.6 Å². The molecule has 0 aromatic heterocycles. The molecule has 0 saturated carbocycles. The molecule has 0 aromatic carbocycles. The second-order valence-electron chi connectivity index (χ2n) is 7.70. The minimum Gasteiger partial charge on any atom is -0.545 e. The van der Waals surface area contributed by atoms with Gasteiger partial charge < -0.3 is 13.6 Å². The van der Waals surface area contributed by atoms with E-state index in [2.05, 4.69) is 58.9 Å². The predicted octanol–water partition coefficient (Wildman–Crippen LogP) is 6.55. The summed E-state index contributed by atoms with van der Waals surface area (Å²) in [7, 11) is -3.41. The second-order valence-corrected chi connectivity index (χ2v) is 16.6. The Bertz CT molecular complexity index is 401. The monoisotopic (exact) mass is 356 g/mol. The van der Waals surface area contributed by atoms with Gasteiger partial charge in [-0.25, -0.2) is 0 Å². The van der Waals surface area contributed by atoms with E-state index in [-0.39, 0.29) is 0 Å². The molecule has 0 radical (unpaired) electrons. The van der Waals surface area contributed by atoms with Crippen LogP contribution in [0.3, 0.4) is 0 Å². The molecule has 0 aliphatic carbocycles. The highest BCUT2D eigenvalue weighted by molar-refractivity contribution is 6.70. The van der Waals surface area contributed by atoms with Crippen molar-refractivity contribution in [3.63, 3.8) is 0 Å². The number of hydrogen-bond donors (Lipinski definition) is 0. The van der Waals surface area contributed by atoms with Crippen molar-refractivity contribution in [1.82, 2.24) is 0 Å². The van der Waals surface area contributed by atoms with Crippen LogP contribution in [0.1, 0.15) is 39.0 Å². The fourth-order valence-corrected chi connectivity index (χ4v) is 3.37.